The average Bonchev–Trinajstić information content (AvgIpc) is 3.06. The third-order valence-corrected chi connectivity index (χ3v) is 8.80. The van der Waals surface area contributed by atoms with Gasteiger partial charge in [0.15, 0.2) is 5.78 Å². The Balaban J connectivity index is 0.000000504. The molecule has 26 radical (unpaired) electrons. The molecule has 0 amide bonds. The molecule has 2 aliphatic carbocycles. The molecule has 0 heterocycles. The summed E-state index contributed by atoms with van der Waals surface area (Å²) in [6.45, 7) is 0. The van der Waals surface area contributed by atoms with Crippen LogP contribution in [0.1, 0.15) is 38.5 Å². The van der Waals surface area contributed by atoms with Crippen LogP contribution in [0.25, 0.3) is 0 Å². The third kappa shape index (κ3) is 10.6. The monoisotopic (exact) mass is 498 g/mol. The van der Waals surface area contributed by atoms with Gasteiger partial charge in [0.1, 0.15) is 0 Å². The normalized spacial score (nSPS) is 18.4. The first kappa shape index (κ1) is 39.1. The molecular weight excluding hydrogens is 477 g/mol. The van der Waals surface area contributed by atoms with Crippen LogP contribution < -0.4 is 0 Å². The quantitative estimate of drug-likeness (QED) is 0.167. The molecule has 0 atom stereocenters. The van der Waals surface area contributed by atoms with Gasteiger partial charge in [-0.1, -0.05) is 12.8 Å². The molecule has 0 aromatic heterocycles. The van der Waals surface area contributed by atoms with E-state index in [4.69, 9.17) is 118 Å². The molecule has 156 valence electrons. The predicted octanol–water partition coefficient (Wildman–Crippen LogP) is -6.65. The molecule has 29 heteroatoms. The van der Waals surface area contributed by atoms with Gasteiger partial charge in [-0.2, -0.15) is 0 Å². The summed E-state index contributed by atoms with van der Waals surface area (Å²) in [6, 6.07) is 1.40. The van der Waals surface area contributed by atoms with Gasteiger partial charge in [-0.05, 0) is 31.6 Å². The van der Waals surface area contributed by atoms with Crippen molar-refractivity contribution in [1.29, 1.82) is 0 Å². The summed E-state index contributed by atoms with van der Waals surface area (Å²) in [4.78, 5) is 11.8. The number of hydrogen-bond acceptors (Lipinski definition) is 3. The van der Waals surface area contributed by atoms with Crippen molar-refractivity contribution in [3.05, 3.63) is 11.8 Å². The van der Waals surface area contributed by atoms with Crippen molar-refractivity contribution in [2.75, 3.05) is 0 Å². The maximum absolute atomic E-state index is 11.8. The van der Waals surface area contributed by atoms with E-state index in [-0.39, 0.29) is 11.7 Å². The second kappa shape index (κ2) is 18.8. The molecule has 0 unspecified atom stereocenters. The van der Waals surface area contributed by atoms with Crippen LogP contribution in [0.5, 0.6) is 0 Å². The summed E-state index contributed by atoms with van der Waals surface area (Å²) in [6.07, 6.45) is -2.50. The second-order valence-corrected chi connectivity index (χ2v) is 11.5. The zero-order valence-electron chi connectivity index (χ0n) is 23.2. The topological polar surface area (TPSA) is 37.3 Å². The van der Waals surface area contributed by atoms with Gasteiger partial charge in [-0.3, -0.25) is 4.79 Å². The van der Waals surface area contributed by atoms with Crippen molar-refractivity contribution < 1.29 is 9.90 Å². The van der Waals surface area contributed by atoms with E-state index >= 15 is 0 Å². The Morgan fingerprint density at radius 3 is 1.30 bits per heavy atom. The number of carbonyl (C=O) groups excluding carboxylic acids is 1. The van der Waals surface area contributed by atoms with E-state index in [0.29, 0.717) is 11.5 Å². The van der Waals surface area contributed by atoms with Crippen LogP contribution in [0, 0.1) is 11.8 Å². The zero-order chi connectivity index (χ0) is 30.9. The minimum absolute atomic E-state index is 0.214. The number of aliphatic hydroxyl groups is 1. The molecule has 1 N–H and O–H groups in total. The fourth-order valence-corrected chi connectivity index (χ4v) is 6.83. The summed E-state index contributed by atoms with van der Waals surface area (Å²) < 4.78 is 0. The molecule has 0 aromatic rings. The average molecular weight is 493 g/mol. The summed E-state index contributed by atoms with van der Waals surface area (Å²) in [5.74, 6) is 0.790. The van der Waals surface area contributed by atoms with Gasteiger partial charge in [0.2, 0.25) is 0 Å². The molecule has 0 saturated heterocycles. The fourth-order valence-electron chi connectivity index (χ4n) is 6.46. The van der Waals surface area contributed by atoms with E-state index in [2.05, 4.69) is 0 Å². The number of rotatable bonds is 12. The van der Waals surface area contributed by atoms with Gasteiger partial charge in [0, 0.05) is 11.5 Å². The number of fused-ring (bicyclic) bond motifs is 3. The van der Waals surface area contributed by atoms with Crippen molar-refractivity contribution >= 4 is 201 Å². The van der Waals surface area contributed by atoms with E-state index in [1.807, 2.05) is 0 Å². The Kier molecular flexibility index (Phi) is 18.4. The SMILES string of the molecule is O=C1/C(=C/O)C2CCCC1CCC2.[B]B([B])B([B])B(B([B])[B])B(B=S)B(B(B([B])[B])B([B])[B])B(B([B])[B])B([B])[B]. The molecule has 40 heavy (non-hydrogen) atoms. The second-order valence-electron chi connectivity index (χ2n) is 11.3. The molecule has 2 nitrogen and oxygen atoms in total. The Hall–Kier alpha value is 1.12. The third-order valence-electron chi connectivity index (χ3n) is 8.49. The summed E-state index contributed by atoms with van der Waals surface area (Å²) >= 11 is 5.24. The van der Waals surface area contributed by atoms with Crippen molar-refractivity contribution in [1.82, 2.24) is 0 Å². The Labute approximate surface area is 271 Å². The van der Waals surface area contributed by atoms with Crippen LogP contribution in [0.2, 0.25) is 0 Å². The van der Waals surface area contributed by atoms with Gasteiger partial charge in [0.25, 0.3) is 0 Å². The summed E-state index contributed by atoms with van der Waals surface area (Å²) in [7, 11) is 77.2. The van der Waals surface area contributed by atoms with Crippen molar-refractivity contribution in [3.63, 3.8) is 0 Å². The van der Waals surface area contributed by atoms with Crippen LogP contribution in [0.15, 0.2) is 11.8 Å². The number of ketones is 1. The first-order chi connectivity index (χ1) is 18.6. The van der Waals surface area contributed by atoms with Crippen LogP contribution in [-0.2, 0) is 4.79 Å². The van der Waals surface area contributed by atoms with Crippen molar-refractivity contribution in [2.24, 2.45) is 11.8 Å². The number of allylic oxidation sites excluding steroid dienone is 1. The van der Waals surface area contributed by atoms with Crippen LogP contribution in [-0.4, -0.2) is 194 Å². The van der Waals surface area contributed by atoms with Gasteiger partial charge < -0.3 is 5.11 Å². The van der Waals surface area contributed by atoms with E-state index in [1.165, 1.54) is 6.05 Å². The Bertz CT molecular complexity index is 764. The fraction of sp³-hybridized carbons (Fsp3) is 0.727. The molecule has 0 aliphatic heterocycles. The van der Waals surface area contributed by atoms with Crippen LogP contribution in [0.4, 0.5) is 0 Å². The molecule has 2 saturated carbocycles. The molecule has 2 fully saturated rings. The molecule has 0 spiro atoms. The van der Waals surface area contributed by atoms with E-state index in [9.17, 15) is 4.79 Å². The standard InChI is InChI=1S/C11H16O2.B26S/c12-7-10-8-3-1-5-9(11(10)13)6-2-4-8;1-15(2)21(13)25(20(11)12)22(14-27)26(23(16(3)4)17(5)6)24(18(7)8)19(9)10/h7-9,12H,1-6H2;/b10-7+;. The first-order valence-electron chi connectivity index (χ1n) is 13.8. The molecular formula is C11H16B26O2S. The Morgan fingerprint density at radius 1 is 0.625 bits per heavy atom. The molecule has 0 aromatic carbocycles. The van der Waals surface area contributed by atoms with Gasteiger partial charge in [-0.25, -0.2) is 0 Å². The number of hydrogen-bond donors (Lipinski definition) is 1. The maximum atomic E-state index is 11.8. The number of Topliss-reactive ketones (excluding diaryl/α,β-unsaturated/α-hetero) is 1. The van der Waals surface area contributed by atoms with Crippen LogP contribution >= 0.6 is 12.1 Å². The minimum atomic E-state index is -0.968. The van der Waals surface area contributed by atoms with Gasteiger partial charge >= 0.3 is 195 Å². The molecule has 2 rings (SSSR count). The summed E-state index contributed by atoms with van der Waals surface area (Å²) in [5, 5.41) is 9.05. The zero-order valence-corrected chi connectivity index (χ0v) is 24.1. The number of aliphatic hydroxyl groups excluding tert-OH is 1. The van der Waals surface area contributed by atoms with E-state index in [0.717, 1.165) is 44.8 Å². The van der Waals surface area contributed by atoms with E-state index < -0.39 is 76.6 Å². The molecule has 2 bridgehead atoms. The van der Waals surface area contributed by atoms with E-state index in [1.54, 1.807) is 0 Å². The van der Waals surface area contributed by atoms with Crippen molar-refractivity contribution in [3.8, 4) is 0 Å². The predicted molar refractivity (Wildman–Crippen MR) is 208 cm³/mol. The van der Waals surface area contributed by atoms with Gasteiger partial charge in [-0.15, -0.1) is 0 Å². The van der Waals surface area contributed by atoms with Gasteiger partial charge in [0.05, 0.1) is 6.26 Å². The van der Waals surface area contributed by atoms with Crippen LogP contribution in [0.3, 0.4) is 0 Å². The van der Waals surface area contributed by atoms with Crippen molar-refractivity contribution in [2.45, 2.75) is 38.5 Å². The number of carbonyl (C=O) groups is 1. The molecule has 2 aliphatic rings. The Morgan fingerprint density at radius 2 is 1.00 bits per heavy atom. The summed E-state index contributed by atoms with van der Waals surface area (Å²) in [5.41, 5.74) is 0.708. The first-order valence-corrected chi connectivity index (χ1v) is 14.3.